The zero-order valence-corrected chi connectivity index (χ0v) is 11.9. The molecule has 1 heterocycles. The van der Waals surface area contributed by atoms with Crippen LogP contribution in [0.3, 0.4) is 0 Å². The summed E-state index contributed by atoms with van der Waals surface area (Å²) < 4.78 is 8.02. The Hall–Kier alpha value is -1.50. The largest absolute Gasteiger partial charge is 0.492 e. The van der Waals surface area contributed by atoms with Gasteiger partial charge in [-0.25, -0.2) is 4.79 Å². The Balaban J connectivity index is 2.58. The third-order valence-corrected chi connectivity index (χ3v) is 3.02. The monoisotopic (exact) mass is 357 g/mol. The van der Waals surface area contributed by atoms with Crippen LogP contribution in [0.15, 0.2) is 36.5 Å². The number of carboxylic acid groups (broad SMARTS) is 1. The highest BCUT2D eigenvalue weighted by Gasteiger charge is 2.15. The number of ether oxygens (including phenoxy) is 1. The van der Waals surface area contributed by atoms with Gasteiger partial charge in [0.05, 0.1) is 12.3 Å². The molecule has 2 rings (SSSR count). The summed E-state index contributed by atoms with van der Waals surface area (Å²) in [5, 5.41) is 9.20. The minimum atomic E-state index is -0.954. The highest BCUT2D eigenvalue weighted by molar-refractivity contribution is 14.1. The maximum atomic E-state index is 11.2. The van der Waals surface area contributed by atoms with Crippen LogP contribution >= 0.6 is 22.6 Å². The van der Waals surface area contributed by atoms with Crippen molar-refractivity contribution >= 4 is 28.6 Å². The van der Waals surface area contributed by atoms with E-state index in [0.717, 1.165) is 9.26 Å². The van der Waals surface area contributed by atoms with Crippen molar-refractivity contribution in [3.8, 4) is 11.4 Å². The summed E-state index contributed by atoms with van der Waals surface area (Å²) in [6.07, 6.45) is 1.78. The molecule has 18 heavy (non-hydrogen) atoms. The van der Waals surface area contributed by atoms with Gasteiger partial charge in [0, 0.05) is 9.77 Å². The molecule has 1 aromatic heterocycles. The van der Waals surface area contributed by atoms with Gasteiger partial charge >= 0.3 is 5.97 Å². The summed E-state index contributed by atoms with van der Waals surface area (Å²) in [7, 11) is 0. The molecule has 4 nitrogen and oxygen atoms in total. The van der Waals surface area contributed by atoms with Crippen LogP contribution in [-0.2, 0) is 0 Å². The fraction of sp³-hybridized carbons (Fsp3) is 0.154. The predicted octanol–water partition coefficient (Wildman–Crippen LogP) is 3.18. The Kier molecular flexibility index (Phi) is 3.90. The zero-order chi connectivity index (χ0) is 13.1. The maximum Gasteiger partial charge on any atom is 0.352 e. The van der Waals surface area contributed by atoms with Crippen molar-refractivity contribution in [3.05, 3.63) is 45.8 Å². The summed E-state index contributed by atoms with van der Waals surface area (Å²) >= 11 is 2.09. The Bertz CT molecular complexity index is 577. The van der Waals surface area contributed by atoms with Crippen molar-refractivity contribution in [2.75, 3.05) is 6.61 Å². The van der Waals surface area contributed by atoms with E-state index in [1.165, 1.54) is 0 Å². The fourth-order valence-corrected chi connectivity index (χ4v) is 2.30. The van der Waals surface area contributed by atoms with Crippen LogP contribution in [-0.4, -0.2) is 22.2 Å². The van der Waals surface area contributed by atoms with Gasteiger partial charge in [0.25, 0.3) is 0 Å². The third-order valence-electron chi connectivity index (χ3n) is 2.43. The smallest absolute Gasteiger partial charge is 0.352 e. The minimum absolute atomic E-state index is 0.228. The first-order valence-corrected chi connectivity index (χ1v) is 6.54. The number of aromatic nitrogens is 1. The van der Waals surface area contributed by atoms with E-state index in [0.29, 0.717) is 12.4 Å². The van der Waals surface area contributed by atoms with Gasteiger partial charge in [-0.05, 0) is 47.7 Å². The van der Waals surface area contributed by atoms with E-state index in [-0.39, 0.29) is 5.69 Å². The number of aromatic carboxylic acids is 1. The van der Waals surface area contributed by atoms with Gasteiger partial charge in [-0.2, -0.15) is 0 Å². The zero-order valence-electron chi connectivity index (χ0n) is 9.76. The van der Waals surface area contributed by atoms with Crippen molar-refractivity contribution in [2.45, 2.75) is 6.92 Å². The summed E-state index contributed by atoms with van der Waals surface area (Å²) in [5.41, 5.74) is 0.964. The number of halogens is 1. The van der Waals surface area contributed by atoms with E-state index in [4.69, 9.17) is 4.74 Å². The van der Waals surface area contributed by atoms with Crippen molar-refractivity contribution < 1.29 is 14.6 Å². The molecular weight excluding hydrogens is 345 g/mol. The molecule has 0 unspecified atom stereocenters. The molecule has 5 heteroatoms. The van der Waals surface area contributed by atoms with E-state index in [2.05, 4.69) is 22.6 Å². The molecule has 1 N–H and O–H groups in total. The number of carboxylic acids is 1. The van der Waals surface area contributed by atoms with Gasteiger partial charge in [-0.3, -0.25) is 0 Å². The molecule has 1 aromatic carbocycles. The number of nitrogens with zero attached hydrogens (tertiary/aromatic N) is 1. The lowest BCUT2D eigenvalue weighted by atomic mass is 10.3. The SMILES string of the molecule is CCOc1ccccc1-n1cc(I)cc1C(=O)O. The van der Waals surface area contributed by atoms with E-state index in [9.17, 15) is 9.90 Å². The molecule has 94 valence electrons. The van der Waals surface area contributed by atoms with Crippen molar-refractivity contribution in [3.63, 3.8) is 0 Å². The maximum absolute atomic E-state index is 11.2. The Morgan fingerprint density at radius 3 is 2.83 bits per heavy atom. The predicted molar refractivity (Wildman–Crippen MR) is 76.6 cm³/mol. The van der Waals surface area contributed by atoms with Crippen LogP contribution in [0.25, 0.3) is 5.69 Å². The van der Waals surface area contributed by atoms with E-state index in [1.807, 2.05) is 31.2 Å². The fourth-order valence-electron chi connectivity index (χ4n) is 1.73. The Morgan fingerprint density at radius 1 is 1.44 bits per heavy atom. The van der Waals surface area contributed by atoms with Crippen LogP contribution in [0.2, 0.25) is 0 Å². The Morgan fingerprint density at radius 2 is 2.17 bits per heavy atom. The molecule has 0 aliphatic carbocycles. The highest BCUT2D eigenvalue weighted by Crippen LogP contribution is 2.26. The highest BCUT2D eigenvalue weighted by atomic mass is 127. The van der Waals surface area contributed by atoms with Gasteiger partial charge in [0.15, 0.2) is 0 Å². The lowest BCUT2D eigenvalue weighted by molar-refractivity contribution is 0.0688. The number of carbonyl (C=O) groups is 1. The first-order chi connectivity index (χ1) is 8.63. The number of hydrogen-bond donors (Lipinski definition) is 1. The molecule has 0 atom stereocenters. The van der Waals surface area contributed by atoms with E-state index < -0.39 is 5.97 Å². The van der Waals surface area contributed by atoms with Gasteiger partial charge in [0.1, 0.15) is 11.4 Å². The average molecular weight is 357 g/mol. The average Bonchev–Trinajstić information content (AvgIpc) is 2.72. The number of rotatable bonds is 4. The lowest BCUT2D eigenvalue weighted by Gasteiger charge is -2.12. The number of para-hydroxylation sites is 2. The van der Waals surface area contributed by atoms with Crippen LogP contribution in [0.1, 0.15) is 17.4 Å². The summed E-state index contributed by atoms with van der Waals surface area (Å²) in [5.74, 6) is -0.279. The molecule has 0 saturated carbocycles. The molecule has 0 amide bonds. The topological polar surface area (TPSA) is 51.5 Å². The number of benzene rings is 1. The first-order valence-electron chi connectivity index (χ1n) is 5.47. The van der Waals surface area contributed by atoms with Crippen LogP contribution in [0.5, 0.6) is 5.75 Å². The molecule has 0 spiro atoms. The quantitative estimate of drug-likeness (QED) is 0.856. The molecule has 2 aromatic rings. The molecule has 0 bridgehead atoms. The van der Waals surface area contributed by atoms with Gasteiger partial charge < -0.3 is 14.4 Å². The van der Waals surface area contributed by atoms with E-state index in [1.54, 1.807) is 16.8 Å². The lowest BCUT2D eigenvalue weighted by Crippen LogP contribution is -2.07. The van der Waals surface area contributed by atoms with E-state index >= 15 is 0 Å². The van der Waals surface area contributed by atoms with Crippen molar-refractivity contribution in [1.82, 2.24) is 4.57 Å². The van der Waals surface area contributed by atoms with Crippen LogP contribution in [0.4, 0.5) is 0 Å². The summed E-state index contributed by atoms with van der Waals surface area (Å²) in [6.45, 7) is 2.44. The van der Waals surface area contributed by atoms with Gasteiger partial charge in [-0.1, -0.05) is 12.1 Å². The molecule has 0 aliphatic rings. The summed E-state index contributed by atoms with van der Waals surface area (Å²) in [4.78, 5) is 11.2. The molecule has 0 aliphatic heterocycles. The molecular formula is C13H12INO3. The van der Waals surface area contributed by atoms with Gasteiger partial charge in [0.2, 0.25) is 0 Å². The summed E-state index contributed by atoms with van der Waals surface area (Å²) in [6, 6.07) is 9.02. The molecule has 0 radical (unpaired) electrons. The van der Waals surface area contributed by atoms with Crippen molar-refractivity contribution in [1.29, 1.82) is 0 Å². The second-order valence-electron chi connectivity index (χ2n) is 3.62. The second-order valence-corrected chi connectivity index (χ2v) is 4.87. The Labute approximate surface area is 118 Å². The standard InChI is InChI=1S/C13H12INO3/c1-2-18-12-6-4-3-5-10(12)15-8-9(14)7-11(15)13(16)17/h3-8H,2H2,1H3,(H,16,17). The normalized spacial score (nSPS) is 10.3. The van der Waals surface area contributed by atoms with Crippen LogP contribution < -0.4 is 4.74 Å². The molecule has 0 fully saturated rings. The third kappa shape index (κ3) is 2.50. The first kappa shape index (κ1) is 12.9. The number of hydrogen-bond acceptors (Lipinski definition) is 2. The molecule has 0 saturated heterocycles. The second kappa shape index (κ2) is 5.43. The van der Waals surface area contributed by atoms with Crippen molar-refractivity contribution in [2.24, 2.45) is 0 Å². The minimum Gasteiger partial charge on any atom is -0.492 e. The van der Waals surface area contributed by atoms with Crippen LogP contribution in [0, 0.1) is 3.57 Å². The van der Waals surface area contributed by atoms with Gasteiger partial charge in [-0.15, -0.1) is 0 Å².